The highest BCUT2D eigenvalue weighted by Gasteiger charge is 2.39. The number of aliphatic carboxylic acids is 1. The zero-order valence-corrected chi connectivity index (χ0v) is 13.5. The summed E-state index contributed by atoms with van der Waals surface area (Å²) in [5.74, 6) is -1.35. The Balaban J connectivity index is 2.05. The normalized spacial score (nSPS) is 20.7. The van der Waals surface area contributed by atoms with Gasteiger partial charge >= 0.3 is 5.97 Å². The van der Waals surface area contributed by atoms with Crippen molar-refractivity contribution in [2.24, 2.45) is 17.8 Å². The summed E-state index contributed by atoms with van der Waals surface area (Å²) in [5, 5.41) is 14.4. The second kappa shape index (κ2) is 6.81. The largest absolute Gasteiger partial charge is 0.480 e. The van der Waals surface area contributed by atoms with E-state index < -0.39 is 17.9 Å². The fourth-order valence-corrected chi connectivity index (χ4v) is 2.40. The van der Waals surface area contributed by atoms with Crippen molar-refractivity contribution in [1.82, 2.24) is 5.32 Å². The van der Waals surface area contributed by atoms with E-state index in [1.54, 1.807) is 38.1 Å². The van der Waals surface area contributed by atoms with Gasteiger partial charge in [0.05, 0.1) is 0 Å². The number of carbonyl (C=O) groups excluding carboxylic acids is 2. The van der Waals surface area contributed by atoms with Crippen LogP contribution < -0.4 is 10.6 Å². The van der Waals surface area contributed by atoms with Crippen LogP contribution in [0.4, 0.5) is 5.69 Å². The molecule has 2 unspecified atom stereocenters. The number of carbonyl (C=O) groups is 3. The summed E-state index contributed by atoms with van der Waals surface area (Å²) in [5.41, 5.74) is 0.858. The first kappa shape index (κ1) is 17.0. The van der Waals surface area contributed by atoms with Gasteiger partial charge in [-0.05, 0) is 36.5 Å². The lowest BCUT2D eigenvalue weighted by Crippen LogP contribution is -2.44. The number of anilines is 1. The van der Waals surface area contributed by atoms with Crippen molar-refractivity contribution in [3.05, 3.63) is 29.8 Å². The fourth-order valence-electron chi connectivity index (χ4n) is 2.40. The van der Waals surface area contributed by atoms with Crippen LogP contribution in [0.25, 0.3) is 0 Å². The summed E-state index contributed by atoms with van der Waals surface area (Å²) in [6.07, 6.45) is 0.890. The van der Waals surface area contributed by atoms with Gasteiger partial charge in [-0.25, -0.2) is 4.79 Å². The van der Waals surface area contributed by atoms with Crippen molar-refractivity contribution in [2.45, 2.75) is 33.2 Å². The molecule has 1 aromatic carbocycles. The second-order valence-electron chi connectivity index (χ2n) is 6.42. The fraction of sp³-hybridized carbons (Fsp3) is 0.471. The zero-order valence-electron chi connectivity index (χ0n) is 13.5. The summed E-state index contributed by atoms with van der Waals surface area (Å²) in [7, 11) is 0. The Bertz CT molecular complexity index is 627. The van der Waals surface area contributed by atoms with Gasteiger partial charge in [-0.15, -0.1) is 0 Å². The third-order valence-corrected chi connectivity index (χ3v) is 4.06. The van der Waals surface area contributed by atoms with Gasteiger partial charge in [0.2, 0.25) is 5.91 Å². The highest BCUT2D eigenvalue weighted by Crippen LogP contribution is 2.38. The molecule has 6 heteroatoms. The number of carboxylic acid groups (broad SMARTS) is 1. The maximum Gasteiger partial charge on any atom is 0.326 e. The Morgan fingerprint density at radius 2 is 1.91 bits per heavy atom. The average molecular weight is 318 g/mol. The van der Waals surface area contributed by atoms with Crippen LogP contribution in [0.2, 0.25) is 0 Å². The minimum Gasteiger partial charge on any atom is -0.480 e. The number of hydrogen-bond donors (Lipinski definition) is 3. The molecule has 1 fully saturated rings. The molecule has 23 heavy (non-hydrogen) atoms. The van der Waals surface area contributed by atoms with Gasteiger partial charge in [0, 0.05) is 17.2 Å². The topological polar surface area (TPSA) is 95.5 Å². The quantitative estimate of drug-likeness (QED) is 0.748. The highest BCUT2D eigenvalue weighted by atomic mass is 16.4. The van der Waals surface area contributed by atoms with Crippen molar-refractivity contribution < 1.29 is 19.5 Å². The molecule has 1 aliphatic carbocycles. The third-order valence-electron chi connectivity index (χ3n) is 4.06. The molecule has 0 aromatic heterocycles. The smallest absolute Gasteiger partial charge is 0.326 e. The minimum atomic E-state index is -1.07. The van der Waals surface area contributed by atoms with Crippen LogP contribution in [0.15, 0.2) is 24.3 Å². The van der Waals surface area contributed by atoms with Gasteiger partial charge in [0.25, 0.3) is 5.91 Å². The Morgan fingerprint density at radius 3 is 2.43 bits per heavy atom. The summed E-state index contributed by atoms with van der Waals surface area (Å²) < 4.78 is 0. The van der Waals surface area contributed by atoms with E-state index in [1.165, 1.54) is 0 Å². The molecule has 1 aliphatic rings. The summed E-state index contributed by atoms with van der Waals surface area (Å²) >= 11 is 0. The SMILES string of the molecule is CC1CC1C(=O)Nc1cccc(C(=O)N[C@@H](C(=O)O)C(C)C)c1. The Hall–Kier alpha value is -2.37. The molecular formula is C17H22N2O4. The molecule has 124 valence electrons. The third kappa shape index (κ3) is 4.31. The van der Waals surface area contributed by atoms with Crippen molar-refractivity contribution in [3.8, 4) is 0 Å². The van der Waals surface area contributed by atoms with Crippen molar-refractivity contribution >= 4 is 23.5 Å². The highest BCUT2D eigenvalue weighted by molar-refractivity contribution is 5.99. The van der Waals surface area contributed by atoms with Crippen LogP contribution in [0.5, 0.6) is 0 Å². The first-order chi connectivity index (χ1) is 10.8. The van der Waals surface area contributed by atoms with Gasteiger partial charge in [-0.3, -0.25) is 9.59 Å². The average Bonchev–Trinajstić information content (AvgIpc) is 3.21. The maximum atomic E-state index is 12.2. The number of nitrogens with one attached hydrogen (secondary N) is 2. The maximum absolute atomic E-state index is 12.2. The summed E-state index contributed by atoms with van der Waals surface area (Å²) in [6, 6.07) is 5.56. The molecule has 1 aromatic rings. The number of hydrogen-bond acceptors (Lipinski definition) is 3. The zero-order chi connectivity index (χ0) is 17.1. The van der Waals surface area contributed by atoms with Gasteiger partial charge < -0.3 is 15.7 Å². The standard InChI is InChI=1S/C17H22N2O4/c1-9(2)14(17(22)23)19-15(20)11-5-4-6-12(8-11)18-16(21)13-7-10(13)3/h4-6,8-10,13-14H,7H2,1-3H3,(H,18,21)(H,19,20)(H,22,23)/t10?,13?,14-/m1/s1. The molecule has 1 saturated carbocycles. The van der Waals surface area contributed by atoms with E-state index >= 15 is 0 Å². The Morgan fingerprint density at radius 1 is 1.26 bits per heavy atom. The summed E-state index contributed by atoms with van der Waals surface area (Å²) in [6.45, 7) is 5.48. The molecule has 3 atom stereocenters. The molecule has 0 heterocycles. The predicted octanol–water partition coefficient (Wildman–Crippen LogP) is 2.12. The van der Waals surface area contributed by atoms with Gasteiger partial charge in [-0.1, -0.05) is 26.8 Å². The summed E-state index contributed by atoms with van der Waals surface area (Å²) in [4.78, 5) is 35.3. The van der Waals surface area contributed by atoms with Gasteiger partial charge in [0.1, 0.15) is 6.04 Å². The lowest BCUT2D eigenvalue weighted by molar-refractivity contribution is -0.140. The van der Waals surface area contributed by atoms with Crippen LogP contribution >= 0.6 is 0 Å². The Labute approximate surface area is 135 Å². The first-order valence-corrected chi connectivity index (χ1v) is 7.74. The first-order valence-electron chi connectivity index (χ1n) is 7.74. The number of amides is 2. The van der Waals surface area contributed by atoms with Crippen LogP contribution in [0, 0.1) is 17.8 Å². The van der Waals surface area contributed by atoms with Crippen molar-refractivity contribution in [2.75, 3.05) is 5.32 Å². The van der Waals surface area contributed by atoms with Crippen LogP contribution in [0.3, 0.4) is 0 Å². The number of carboxylic acids is 1. The van der Waals surface area contributed by atoms with Crippen molar-refractivity contribution in [1.29, 1.82) is 0 Å². The van der Waals surface area contributed by atoms with E-state index in [2.05, 4.69) is 10.6 Å². The van der Waals surface area contributed by atoms with Crippen LogP contribution in [0.1, 0.15) is 37.6 Å². The van der Waals surface area contributed by atoms with Gasteiger partial charge in [-0.2, -0.15) is 0 Å². The van der Waals surface area contributed by atoms with E-state index in [0.29, 0.717) is 17.2 Å². The monoisotopic (exact) mass is 318 g/mol. The van der Waals surface area contributed by atoms with Crippen molar-refractivity contribution in [3.63, 3.8) is 0 Å². The van der Waals surface area contributed by atoms with Crippen LogP contribution in [-0.2, 0) is 9.59 Å². The van der Waals surface area contributed by atoms with E-state index in [4.69, 9.17) is 5.11 Å². The molecule has 0 saturated heterocycles. The molecule has 0 spiro atoms. The van der Waals surface area contributed by atoms with E-state index in [-0.39, 0.29) is 17.7 Å². The molecule has 0 radical (unpaired) electrons. The van der Waals surface area contributed by atoms with Crippen LogP contribution in [-0.4, -0.2) is 28.9 Å². The van der Waals surface area contributed by atoms with Gasteiger partial charge in [0.15, 0.2) is 0 Å². The number of rotatable bonds is 6. The lowest BCUT2D eigenvalue weighted by atomic mass is 10.0. The number of benzene rings is 1. The van der Waals surface area contributed by atoms with E-state index in [9.17, 15) is 14.4 Å². The molecule has 2 amide bonds. The Kier molecular flexibility index (Phi) is 5.03. The molecule has 0 bridgehead atoms. The second-order valence-corrected chi connectivity index (χ2v) is 6.42. The molecule has 2 rings (SSSR count). The molecule has 0 aliphatic heterocycles. The molecule has 3 N–H and O–H groups in total. The van der Waals surface area contributed by atoms with E-state index in [1.807, 2.05) is 6.92 Å². The lowest BCUT2D eigenvalue weighted by Gasteiger charge is -2.18. The van der Waals surface area contributed by atoms with E-state index in [0.717, 1.165) is 6.42 Å². The molecule has 6 nitrogen and oxygen atoms in total. The molecular weight excluding hydrogens is 296 g/mol. The minimum absolute atomic E-state index is 0.0411. The predicted molar refractivity (Wildman–Crippen MR) is 86.1 cm³/mol.